The van der Waals surface area contributed by atoms with Gasteiger partial charge in [0.05, 0.1) is 11.7 Å². The predicted molar refractivity (Wildman–Crippen MR) is 107 cm³/mol. The summed E-state index contributed by atoms with van der Waals surface area (Å²) >= 11 is 0. The van der Waals surface area contributed by atoms with Crippen LogP contribution >= 0.6 is 0 Å². The smallest absolute Gasteiger partial charge is 0.270 e. The molecule has 0 aliphatic heterocycles. The van der Waals surface area contributed by atoms with E-state index < -0.39 is 0 Å². The second-order valence-corrected chi connectivity index (χ2v) is 7.00. The molecule has 2 N–H and O–H groups in total. The molecule has 3 heterocycles. The van der Waals surface area contributed by atoms with Crippen molar-refractivity contribution in [3.05, 3.63) is 47.6 Å². The normalized spacial score (nSPS) is 12.2. The van der Waals surface area contributed by atoms with Crippen LogP contribution in [0.5, 0.6) is 0 Å². The molecule has 1 amide bonds. The van der Waals surface area contributed by atoms with Crippen LogP contribution in [0.4, 0.5) is 5.82 Å². The van der Waals surface area contributed by atoms with E-state index in [-0.39, 0.29) is 17.9 Å². The van der Waals surface area contributed by atoms with Gasteiger partial charge in [-0.25, -0.2) is 4.98 Å². The summed E-state index contributed by atoms with van der Waals surface area (Å²) in [7, 11) is 1.77. The Labute approximate surface area is 164 Å². The lowest BCUT2D eigenvalue weighted by atomic mass is 10.1. The van der Waals surface area contributed by atoms with Gasteiger partial charge in [0.2, 0.25) is 0 Å². The van der Waals surface area contributed by atoms with E-state index in [1.54, 1.807) is 17.9 Å². The van der Waals surface area contributed by atoms with Crippen molar-refractivity contribution in [2.75, 3.05) is 11.9 Å². The minimum atomic E-state index is -0.332. The van der Waals surface area contributed by atoms with Gasteiger partial charge in [-0.1, -0.05) is 19.0 Å². The number of amides is 1. The maximum atomic E-state index is 12.6. The number of carbonyl (C=O) groups is 1. The number of anilines is 1. The van der Waals surface area contributed by atoms with E-state index in [1.165, 1.54) is 0 Å². The van der Waals surface area contributed by atoms with Crippen molar-refractivity contribution in [1.82, 2.24) is 25.2 Å². The van der Waals surface area contributed by atoms with Crippen molar-refractivity contribution in [3.8, 4) is 11.3 Å². The number of pyridine rings is 1. The molecule has 28 heavy (non-hydrogen) atoms. The number of aromatic nitrogens is 4. The minimum absolute atomic E-state index is 0.203. The highest BCUT2D eigenvalue weighted by Crippen LogP contribution is 2.24. The summed E-state index contributed by atoms with van der Waals surface area (Å²) in [5.41, 5.74) is 2.99. The van der Waals surface area contributed by atoms with E-state index in [1.807, 2.05) is 52.0 Å². The van der Waals surface area contributed by atoms with Crippen LogP contribution in [0.3, 0.4) is 0 Å². The molecule has 0 saturated heterocycles. The van der Waals surface area contributed by atoms with E-state index in [2.05, 4.69) is 25.9 Å². The van der Waals surface area contributed by atoms with Gasteiger partial charge in [0, 0.05) is 31.4 Å². The van der Waals surface area contributed by atoms with Gasteiger partial charge in [0.1, 0.15) is 17.2 Å². The zero-order valence-corrected chi connectivity index (χ0v) is 16.9. The molecule has 0 saturated carbocycles. The molecule has 0 bridgehead atoms. The van der Waals surface area contributed by atoms with Crippen molar-refractivity contribution in [2.45, 2.75) is 39.7 Å². The fourth-order valence-electron chi connectivity index (χ4n) is 2.82. The van der Waals surface area contributed by atoms with Crippen LogP contribution in [-0.2, 0) is 7.05 Å². The van der Waals surface area contributed by atoms with Crippen LogP contribution in [0.25, 0.3) is 11.3 Å². The van der Waals surface area contributed by atoms with Crippen LogP contribution in [0.1, 0.15) is 61.6 Å². The Morgan fingerprint density at radius 1 is 1.25 bits per heavy atom. The van der Waals surface area contributed by atoms with Gasteiger partial charge in [-0.3, -0.25) is 9.48 Å². The van der Waals surface area contributed by atoms with Gasteiger partial charge in [-0.2, -0.15) is 5.10 Å². The van der Waals surface area contributed by atoms with E-state index in [0.29, 0.717) is 17.1 Å². The first-order valence-electron chi connectivity index (χ1n) is 9.40. The minimum Gasteiger partial charge on any atom is -0.370 e. The molecule has 1 atom stereocenters. The highest BCUT2D eigenvalue weighted by molar-refractivity contribution is 5.92. The maximum Gasteiger partial charge on any atom is 0.270 e. The zero-order valence-electron chi connectivity index (χ0n) is 16.9. The molecule has 8 heteroatoms. The summed E-state index contributed by atoms with van der Waals surface area (Å²) in [5, 5.41) is 14.6. The number of carbonyl (C=O) groups excluding carboxylic acids is 1. The lowest BCUT2D eigenvalue weighted by Gasteiger charge is -2.10. The lowest BCUT2D eigenvalue weighted by molar-refractivity contribution is 0.0924. The topological polar surface area (TPSA) is 97.9 Å². The van der Waals surface area contributed by atoms with Gasteiger partial charge in [0.15, 0.2) is 5.76 Å². The Kier molecular flexibility index (Phi) is 5.77. The molecule has 3 rings (SSSR count). The Morgan fingerprint density at radius 2 is 2.04 bits per heavy atom. The Hall–Kier alpha value is -3.16. The van der Waals surface area contributed by atoms with Crippen molar-refractivity contribution in [3.63, 3.8) is 0 Å². The quantitative estimate of drug-likeness (QED) is 0.649. The maximum absolute atomic E-state index is 12.6. The first kappa shape index (κ1) is 19.6. The predicted octanol–water partition coefficient (Wildman–Crippen LogP) is 3.52. The fraction of sp³-hybridized carbons (Fsp3) is 0.400. The Balaban J connectivity index is 1.73. The van der Waals surface area contributed by atoms with Gasteiger partial charge in [-0.05, 0) is 38.0 Å². The summed E-state index contributed by atoms with van der Waals surface area (Å²) in [4.78, 5) is 16.9. The van der Waals surface area contributed by atoms with E-state index >= 15 is 0 Å². The van der Waals surface area contributed by atoms with Crippen LogP contribution in [0.15, 0.2) is 35.0 Å². The Morgan fingerprint density at radius 3 is 2.71 bits per heavy atom. The van der Waals surface area contributed by atoms with Gasteiger partial charge < -0.3 is 15.2 Å². The molecule has 1 unspecified atom stereocenters. The molecule has 0 radical (unpaired) electrons. The number of rotatable bonds is 7. The molecule has 0 aliphatic rings. The fourth-order valence-corrected chi connectivity index (χ4v) is 2.82. The first-order valence-corrected chi connectivity index (χ1v) is 9.40. The second-order valence-electron chi connectivity index (χ2n) is 7.00. The Bertz CT molecular complexity index is 959. The molecule has 8 nitrogen and oxygen atoms in total. The third-order valence-corrected chi connectivity index (χ3v) is 4.44. The summed E-state index contributed by atoms with van der Waals surface area (Å²) in [5.74, 6) is 1.42. The zero-order chi connectivity index (χ0) is 20.3. The first-order chi connectivity index (χ1) is 13.4. The van der Waals surface area contributed by atoms with Crippen molar-refractivity contribution in [1.29, 1.82) is 0 Å². The number of hydrogen-bond acceptors (Lipinski definition) is 6. The molecule has 0 spiro atoms. The molecular weight excluding hydrogens is 356 g/mol. The number of nitrogens with zero attached hydrogens (tertiary/aromatic N) is 4. The van der Waals surface area contributed by atoms with E-state index in [4.69, 9.17) is 4.52 Å². The molecule has 0 aliphatic carbocycles. The number of hydrogen-bond donors (Lipinski definition) is 2. The van der Waals surface area contributed by atoms with Crippen LogP contribution in [-0.4, -0.2) is 32.4 Å². The third-order valence-electron chi connectivity index (χ3n) is 4.44. The van der Waals surface area contributed by atoms with Crippen LogP contribution in [0.2, 0.25) is 0 Å². The number of aryl methyl sites for hydroxylation is 1. The number of nitrogens with one attached hydrogen (secondary N) is 2. The van der Waals surface area contributed by atoms with Gasteiger partial charge in [0.25, 0.3) is 5.91 Å². The van der Waals surface area contributed by atoms with Crippen molar-refractivity contribution >= 4 is 11.7 Å². The van der Waals surface area contributed by atoms with Crippen molar-refractivity contribution in [2.24, 2.45) is 7.05 Å². The highest BCUT2D eigenvalue weighted by Gasteiger charge is 2.20. The third kappa shape index (κ3) is 4.21. The van der Waals surface area contributed by atoms with Crippen LogP contribution in [0, 0.1) is 0 Å². The summed E-state index contributed by atoms with van der Waals surface area (Å²) in [6.07, 6.45) is 1.72. The van der Waals surface area contributed by atoms with Gasteiger partial charge >= 0.3 is 0 Å². The summed E-state index contributed by atoms with van der Waals surface area (Å²) in [6, 6.07) is 7.10. The average Bonchev–Trinajstić information content (AvgIpc) is 3.29. The van der Waals surface area contributed by atoms with Crippen LogP contribution < -0.4 is 10.6 Å². The van der Waals surface area contributed by atoms with E-state index in [0.717, 1.165) is 23.6 Å². The average molecular weight is 382 g/mol. The molecule has 3 aromatic heterocycles. The molecular formula is C20H26N6O2. The molecule has 0 aromatic carbocycles. The van der Waals surface area contributed by atoms with E-state index in [9.17, 15) is 4.79 Å². The molecule has 148 valence electrons. The standard InChI is InChI=1S/C20H26N6O2/c1-6-21-19-9-14(7-8-22-19)16-11-18(28-25-16)13(4)23-20(27)17-10-15(12(2)3)24-26(17)5/h7-13H,6H2,1-5H3,(H,21,22)(H,23,27). The monoisotopic (exact) mass is 382 g/mol. The SMILES string of the molecule is CCNc1cc(-c2cc(C(C)NC(=O)c3cc(C(C)C)nn3C)on2)ccn1. The highest BCUT2D eigenvalue weighted by atomic mass is 16.5. The molecule has 3 aromatic rings. The largest absolute Gasteiger partial charge is 0.370 e. The van der Waals surface area contributed by atoms with Gasteiger partial charge in [-0.15, -0.1) is 0 Å². The summed E-state index contributed by atoms with van der Waals surface area (Å²) < 4.78 is 7.06. The molecule has 0 fully saturated rings. The van der Waals surface area contributed by atoms with Crippen molar-refractivity contribution < 1.29 is 9.32 Å². The second kappa shape index (κ2) is 8.24. The summed E-state index contributed by atoms with van der Waals surface area (Å²) in [6.45, 7) is 8.75. The lowest BCUT2D eigenvalue weighted by Crippen LogP contribution is -2.28.